The van der Waals surface area contributed by atoms with Crippen molar-refractivity contribution in [3.63, 3.8) is 0 Å². The van der Waals surface area contributed by atoms with Gasteiger partial charge in [-0.15, -0.1) is 0 Å². The molecule has 0 saturated heterocycles. The standard InChI is InChI=1S/C33H35ClF2O6S/c1-17-12-22-23-14-25(35)24-13-21(37)10-11-30(24,2)32(23,36)27(39)15-31(22,3)33(17,42-28(40)19-4-5-19)29(41)43-16-26(38)18-6-8-20(34)9-7-18/h6-11,13,17,19,22-23,25,27,39H,4-5,12,14-16H2,1-3H3/t17-,22+,23+,25+,27+,30+,31+,32+,33+/m1/s1. The third-order valence-corrected chi connectivity index (χ3v) is 12.4. The smallest absolute Gasteiger partial charge is 0.309 e. The van der Waals surface area contributed by atoms with Crippen LogP contribution in [0, 0.1) is 34.5 Å². The Bertz CT molecular complexity index is 1460. The average molecular weight is 633 g/mol. The molecule has 0 heterocycles. The molecule has 4 saturated carbocycles. The molecule has 10 heteroatoms. The van der Waals surface area contributed by atoms with Crippen molar-refractivity contribution in [2.45, 2.75) is 76.4 Å². The van der Waals surface area contributed by atoms with Crippen LogP contribution in [0.1, 0.15) is 63.2 Å². The molecule has 0 unspecified atom stereocenters. The summed E-state index contributed by atoms with van der Waals surface area (Å²) in [5, 5.41) is 11.7. The molecule has 6 nitrogen and oxygen atoms in total. The monoisotopic (exact) mass is 632 g/mol. The summed E-state index contributed by atoms with van der Waals surface area (Å²) in [7, 11) is 0. The first kappa shape index (κ1) is 30.7. The molecule has 0 radical (unpaired) electrons. The van der Waals surface area contributed by atoms with Crippen LogP contribution >= 0.6 is 23.4 Å². The lowest BCUT2D eigenvalue weighted by molar-refractivity contribution is -0.229. The van der Waals surface area contributed by atoms with Crippen LogP contribution in [0.25, 0.3) is 0 Å². The molecule has 230 valence electrons. The zero-order valence-corrected chi connectivity index (χ0v) is 25.9. The van der Waals surface area contributed by atoms with Crippen LogP contribution in [-0.2, 0) is 19.1 Å². The summed E-state index contributed by atoms with van der Waals surface area (Å²) in [6.45, 7) is 5.04. The highest BCUT2D eigenvalue weighted by Gasteiger charge is 2.78. The number of carbonyl (C=O) groups is 4. The van der Waals surface area contributed by atoms with Gasteiger partial charge in [-0.05, 0) is 86.9 Å². The topological polar surface area (TPSA) is 97.7 Å². The molecule has 0 bridgehead atoms. The average Bonchev–Trinajstić information content (AvgIpc) is 3.78. The molecule has 9 atom stereocenters. The van der Waals surface area contributed by atoms with E-state index in [1.54, 1.807) is 38.1 Å². The van der Waals surface area contributed by atoms with Crippen LogP contribution in [0.4, 0.5) is 8.78 Å². The molecule has 5 aliphatic carbocycles. The fraction of sp³-hybridized carbons (Fsp3) is 0.576. The van der Waals surface area contributed by atoms with Gasteiger partial charge in [0.2, 0.25) is 5.12 Å². The van der Waals surface area contributed by atoms with E-state index in [-0.39, 0.29) is 42.3 Å². The van der Waals surface area contributed by atoms with Gasteiger partial charge in [0, 0.05) is 33.3 Å². The largest absolute Gasteiger partial charge is 0.449 e. The number of carbonyl (C=O) groups excluding carboxylic acids is 4. The predicted octanol–water partition coefficient (Wildman–Crippen LogP) is 6.04. The number of benzene rings is 1. The van der Waals surface area contributed by atoms with Gasteiger partial charge >= 0.3 is 5.97 Å². The highest BCUT2D eigenvalue weighted by molar-refractivity contribution is 8.14. The molecule has 43 heavy (non-hydrogen) atoms. The summed E-state index contributed by atoms with van der Waals surface area (Å²) >= 11 is 6.70. The third kappa shape index (κ3) is 4.35. The highest BCUT2D eigenvalue weighted by atomic mass is 35.5. The third-order valence-electron chi connectivity index (χ3n) is 11.1. The van der Waals surface area contributed by atoms with Crippen LogP contribution in [0.15, 0.2) is 48.1 Å². The molecule has 5 aliphatic rings. The molecule has 0 amide bonds. The Hall–Kier alpha value is -2.36. The number of aliphatic hydroxyl groups is 1. The molecule has 0 aliphatic heterocycles. The Morgan fingerprint density at radius 2 is 1.79 bits per heavy atom. The Kier molecular flexibility index (Phi) is 7.38. The zero-order valence-electron chi connectivity index (χ0n) is 24.3. The molecule has 6 rings (SSSR count). The maximum Gasteiger partial charge on any atom is 0.309 e. The number of halogens is 3. The minimum Gasteiger partial charge on any atom is -0.449 e. The molecular formula is C33H35ClF2O6S. The minimum absolute atomic E-state index is 0.0196. The van der Waals surface area contributed by atoms with Gasteiger partial charge in [0.15, 0.2) is 22.8 Å². The molecule has 0 aromatic heterocycles. The van der Waals surface area contributed by atoms with E-state index in [1.807, 2.05) is 0 Å². The number of ether oxygens (including phenoxy) is 1. The van der Waals surface area contributed by atoms with Crippen molar-refractivity contribution in [1.82, 2.24) is 0 Å². The first-order chi connectivity index (χ1) is 20.2. The van der Waals surface area contributed by atoms with Crippen molar-refractivity contribution in [3.05, 3.63) is 58.7 Å². The number of aliphatic hydroxyl groups excluding tert-OH is 1. The number of esters is 1. The summed E-state index contributed by atoms with van der Waals surface area (Å²) in [6, 6.07) is 6.30. The first-order valence-electron chi connectivity index (χ1n) is 14.8. The van der Waals surface area contributed by atoms with E-state index in [1.165, 1.54) is 19.1 Å². The van der Waals surface area contributed by atoms with Crippen molar-refractivity contribution in [3.8, 4) is 0 Å². The van der Waals surface area contributed by atoms with Crippen molar-refractivity contribution < 1.29 is 37.8 Å². The number of hydrogen-bond acceptors (Lipinski definition) is 7. The van der Waals surface area contributed by atoms with E-state index in [9.17, 15) is 24.3 Å². The molecule has 1 N–H and O–H groups in total. The number of ketones is 2. The van der Waals surface area contributed by atoms with Gasteiger partial charge in [0.05, 0.1) is 17.8 Å². The summed E-state index contributed by atoms with van der Waals surface area (Å²) in [5.41, 5.74) is -6.49. The van der Waals surface area contributed by atoms with E-state index in [0.717, 1.165) is 17.8 Å². The van der Waals surface area contributed by atoms with Gasteiger partial charge < -0.3 is 9.84 Å². The maximum atomic E-state index is 17.6. The number of alkyl halides is 2. The van der Waals surface area contributed by atoms with Crippen molar-refractivity contribution >= 4 is 46.0 Å². The highest BCUT2D eigenvalue weighted by Crippen LogP contribution is 2.72. The number of hydrogen-bond donors (Lipinski definition) is 1. The predicted molar refractivity (Wildman–Crippen MR) is 158 cm³/mol. The summed E-state index contributed by atoms with van der Waals surface area (Å²) in [4.78, 5) is 52.7. The van der Waals surface area contributed by atoms with Crippen LogP contribution in [0.3, 0.4) is 0 Å². The number of Topliss-reactive ketones (excluding diaryl/α,β-unsaturated/α-hetero) is 1. The second kappa shape index (κ2) is 10.3. The van der Waals surface area contributed by atoms with Crippen LogP contribution in [0.5, 0.6) is 0 Å². The van der Waals surface area contributed by atoms with E-state index >= 15 is 8.78 Å². The fourth-order valence-electron chi connectivity index (χ4n) is 8.74. The van der Waals surface area contributed by atoms with Crippen LogP contribution < -0.4 is 0 Å². The zero-order chi connectivity index (χ0) is 31.1. The maximum absolute atomic E-state index is 17.6. The molecule has 1 aromatic carbocycles. The Morgan fingerprint density at radius 1 is 1.12 bits per heavy atom. The van der Waals surface area contributed by atoms with Gasteiger partial charge in [-0.3, -0.25) is 19.2 Å². The summed E-state index contributed by atoms with van der Waals surface area (Å²) in [6.07, 6.45) is 1.52. The summed E-state index contributed by atoms with van der Waals surface area (Å²) < 4.78 is 39.7. The van der Waals surface area contributed by atoms with E-state index in [2.05, 4.69) is 0 Å². The van der Waals surface area contributed by atoms with Crippen molar-refractivity contribution in [1.29, 1.82) is 0 Å². The lowest BCUT2D eigenvalue weighted by Crippen LogP contribution is -2.70. The normalized spacial score (nSPS) is 41.5. The number of allylic oxidation sites excluding steroid dienone is 4. The van der Waals surface area contributed by atoms with Gasteiger partial charge in [-0.25, -0.2) is 8.78 Å². The minimum atomic E-state index is -2.32. The quantitative estimate of drug-likeness (QED) is 0.302. The number of fused-ring (bicyclic) bond motifs is 5. The van der Waals surface area contributed by atoms with E-state index < -0.39 is 69.0 Å². The second-order valence-corrected chi connectivity index (χ2v) is 14.8. The lowest BCUT2D eigenvalue weighted by atomic mass is 9.44. The van der Waals surface area contributed by atoms with E-state index in [0.29, 0.717) is 23.4 Å². The van der Waals surface area contributed by atoms with Gasteiger partial charge in [0.1, 0.15) is 6.17 Å². The van der Waals surface area contributed by atoms with Gasteiger partial charge in [-0.1, -0.05) is 43.3 Å². The lowest BCUT2D eigenvalue weighted by Gasteiger charge is -2.63. The van der Waals surface area contributed by atoms with Crippen LogP contribution in [0.2, 0.25) is 5.02 Å². The number of rotatable bonds is 6. The Balaban J connectivity index is 1.38. The van der Waals surface area contributed by atoms with Crippen molar-refractivity contribution in [2.75, 3.05) is 5.75 Å². The van der Waals surface area contributed by atoms with Crippen molar-refractivity contribution in [2.24, 2.45) is 34.5 Å². The van der Waals surface area contributed by atoms with E-state index in [4.69, 9.17) is 16.3 Å². The SMILES string of the molecule is C[C@@H]1C[C@H]2[C@@H]3C[C@H](F)C4=CC(=O)C=C[C@]4(C)[C@@]3(F)[C@@H](O)C[C@]2(C)[C@@]1(OC(=O)C1CC1)C(=O)SCC(=O)c1ccc(Cl)cc1. The Morgan fingerprint density at radius 3 is 2.44 bits per heavy atom. The fourth-order valence-corrected chi connectivity index (χ4v) is 9.98. The van der Waals surface area contributed by atoms with Gasteiger partial charge in [-0.2, -0.15) is 0 Å². The molecular weight excluding hydrogens is 598 g/mol. The molecule has 1 aromatic rings. The Labute approximate surface area is 258 Å². The number of thioether (sulfide) groups is 1. The second-order valence-electron chi connectivity index (χ2n) is 13.4. The first-order valence-corrected chi connectivity index (χ1v) is 16.2. The van der Waals surface area contributed by atoms with Gasteiger partial charge in [0.25, 0.3) is 0 Å². The molecule has 0 spiro atoms. The van der Waals surface area contributed by atoms with Crippen LogP contribution in [-0.4, -0.2) is 57.1 Å². The summed E-state index contributed by atoms with van der Waals surface area (Å²) in [5.74, 6) is -4.04. The molecule has 4 fully saturated rings.